The Balaban J connectivity index is 2.59. The zero-order chi connectivity index (χ0) is 12.0. The molecule has 1 amide bonds. The summed E-state index contributed by atoms with van der Waals surface area (Å²) in [6.07, 6.45) is 0.557. The van der Waals surface area contributed by atoms with Gasteiger partial charge in [0.25, 0.3) is 5.91 Å². The molecule has 1 aromatic carbocycles. The molecule has 0 heterocycles. The molecule has 0 aromatic heterocycles. The monoisotopic (exact) mass is 223 g/mol. The predicted octanol–water partition coefficient (Wildman–Crippen LogP) is 1.20. The number of hydrogen-bond acceptors (Lipinski definition) is 3. The third kappa shape index (κ3) is 3.55. The lowest BCUT2D eigenvalue weighted by atomic mass is 10.2. The summed E-state index contributed by atoms with van der Waals surface area (Å²) in [5.41, 5.74) is 0.589. The van der Waals surface area contributed by atoms with E-state index in [4.69, 9.17) is 9.84 Å². The quantitative estimate of drug-likeness (QED) is 0.788. The molecule has 0 spiro atoms. The van der Waals surface area contributed by atoms with Crippen LogP contribution >= 0.6 is 0 Å². The van der Waals surface area contributed by atoms with E-state index >= 15 is 0 Å². The highest BCUT2D eigenvalue weighted by atomic mass is 16.5. The fourth-order valence-corrected chi connectivity index (χ4v) is 1.32. The van der Waals surface area contributed by atoms with Gasteiger partial charge in [0.1, 0.15) is 5.75 Å². The van der Waals surface area contributed by atoms with E-state index in [1.165, 1.54) is 0 Å². The molecule has 0 aliphatic heterocycles. The first-order valence-corrected chi connectivity index (χ1v) is 5.23. The molecule has 2 N–H and O–H groups in total. The van der Waals surface area contributed by atoms with E-state index in [1.54, 1.807) is 31.4 Å². The Bertz CT molecular complexity index is 335. The summed E-state index contributed by atoms with van der Waals surface area (Å²) in [5.74, 6) is 0.587. The van der Waals surface area contributed by atoms with Gasteiger partial charge in [-0.1, -0.05) is 0 Å². The van der Waals surface area contributed by atoms with E-state index in [-0.39, 0.29) is 18.6 Å². The minimum Gasteiger partial charge on any atom is -0.497 e. The third-order valence-electron chi connectivity index (χ3n) is 2.29. The zero-order valence-electron chi connectivity index (χ0n) is 9.56. The average molecular weight is 223 g/mol. The molecule has 0 aliphatic rings. The number of aliphatic hydroxyl groups is 1. The van der Waals surface area contributed by atoms with Crippen LogP contribution in [-0.2, 0) is 0 Å². The van der Waals surface area contributed by atoms with Crippen molar-refractivity contribution in [2.45, 2.75) is 19.4 Å². The van der Waals surface area contributed by atoms with Gasteiger partial charge in [0.05, 0.1) is 7.11 Å². The molecule has 88 valence electrons. The largest absolute Gasteiger partial charge is 0.497 e. The van der Waals surface area contributed by atoms with Crippen molar-refractivity contribution in [1.82, 2.24) is 5.32 Å². The minimum atomic E-state index is -0.136. The second kappa shape index (κ2) is 6.12. The number of carbonyl (C=O) groups is 1. The molecule has 16 heavy (non-hydrogen) atoms. The number of ether oxygens (including phenoxy) is 1. The van der Waals surface area contributed by atoms with E-state index < -0.39 is 0 Å². The highest BCUT2D eigenvalue weighted by Crippen LogP contribution is 2.11. The fourth-order valence-electron chi connectivity index (χ4n) is 1.32. The highest BCUT2D eigenvalue weighted by Gasteiger charge is 2.08. The van der Waals surface area contributed by atoms with Crippen molar-refractivity contribution in [2.24, 2.45) is 0 Å². The molecule has 0 saturated heterocycles. The van der Waals surface area contributed by atoms with Crippen LogP contribution in [0.4, 0.5) is 0 Å². The van der Waals surface area contributed by atoms with Crippen molar-refractivity contribution < 1.29 is 14.6 Å². The van der Waals surface area contributed by atoms with E-state index in [0.717, 1.165) is 5.75 Å². The van der Waals surface area contributed by atoms with Crippen molar-refractivity contribution in [3.05, 3.63) is 29.8 Å². The van der Waals surface area contributed by atoms with Gasteiger partial charge < -0.3 is 15.2 Å². The molecule has 0 bridgehead atoms. The first-order valence-electron chi connectivity index (χ1n) is 5.23. The van der Waals surface area contributed by atoms with Crippen LogP contribution in [0, 0.1) is 0 Å². The Morgan fingerprint density at radius 3 is 2.56 bits per heavy atom. The number of aliphatic hydroxyl groups excluding tert-OH is 1. The topological polar surface area (TPSA) is 58.6 Å². The smallest absolute Gasteiger partial charge is 0.251 e. The lowest BCUT2D eigenvalue weighted by Crippen LogP contribution is -2.33. The maximum atomic E-state index is 11.7. The molecule has 0 saturated carbocycles. The normalized spacial score (nSPS) is 11.9. The van der Waals surface area contributed by atoms with Crippen molar-refractivity contribution in [1.29, 1.82) is 0 Å². The van der Waals surface area contributed by atoms with Crippen LogP contribution in [0.1, 0.15) is 23.7 Å². The minimum absolute atomic E-state index is 0.0281. The van der Waals surface area contributed by atoms with Crippen LogP contribution in [0.15, 0.2) is 24.3 Å². The van der Waals surface area contributed by atoms with Gasteiger partial charge >= 0.3 is 0 Å². The second-order valence-corrected chi connectivity index (χ2v) is 3.62. The SMILES string of the molecule is COc1ccc(C(=O)NC(C)CCO)cc1. The Morgan fingerprint density at radius 1 is 1.44 bits per heavy atom. The molecule has 1 unspecified atom stereocenters. The number of benzene rings is 1. The molecule has 0 radical (unpaired) electrons. The summed E-state index contributed by atoms with van der Waals surface area (Å²) in [6, 6.07) is 6.87. The Hall–Kier alpha value is -1.55. The van der Waals surface area contributed by atoms with Gasteiger partial charge in [0.15, 0.2) is 0 Å². The maximum Gasteiger partial charge on any atom is 0.251 e. The predicted molar refractivity (Wildman–Crippen MR) is 61.6 cm³/mol. The van der Waals surface area contributed by atoms with Gasteiger partial charge in [0, 0.05) is 18.2 Å². The molecule has 4 nitrogen and oxygen atoms in total. The van der Waals surface area contributed by atoms with Gasteiger partial charge in [-0.15, -0.1) is 0 Å². The highest BCUT2D eigenvalue weighted by molar-refractivity contribution is 5.94. The van der Waals surface area contributed by atoms with Crippen molar-refractivity contribution >= 4 is 5.91 Å². The van der Waals surface area contributed by atoms with Crippen LogP contribution < -0.4 is 10.1 Å². The molecule has 0 aliphatic carbocycles. The number of rotatable bonds is 5. The lowest BCUT2D eigenvalue weighted by molar-refractivity contribution is 0.0934. The van der Waals surface area contributed by atoms with Gasteiger partial charge in [-0.05, 0) is 37.6 Å². The fraction of sp³-hybridized carbons (Fsp3) is 0.417. The Morgan fingerprint density at radius 2 is 2.06 bits per heavy atom. The second-order valence-electron chi connectivity index (χ2n) is 3.62. The van der Waals surface area contributed by atoms with Gasteiger partial charge in [-0.3, -0.25) is 4.79 Å². The van der Waals surface area contributed by atoms with E-state index in [0.29, 0.717) is 12.0 Å². The lowest BCUT2D eigenvalue weighted by Gasteiger charge is -2.12. The Kier molecular flexibility index (Phi) is 4.79. The van der Waals surface area contributed by atoms with Crippen LogP contribution in [0.5, 0.6) is 5.75 Å². The molecular formula is C12H17NO3. The molecule has 4 heteroatoms. The van der Waals surface area contributed by atoms with Gasteiger partial charge in [-0.25, -0.2) is 0 Å². The summed E-state index contributed by atoms with van der Waals surface area (Å²) in [4.78, 5) is 11.7. The summed E-state index contributed by atoms with van der Waals surface area (Å²) < 4.78 is 5.00. The maximum absolute atomic E-state index is 11.7. The number of hydrogen-bond donors (Lipinski definition) is 2. The standard InChI is InChI=1S/C12H17NO3/c1-9(7-8-14)13-12(15)10-3-5-11(16-2)6-4-10/h3-6,9,14H,7-8H2,1-2H3,(H,13,15). The number of amides is 1. The van der Waals surface area contributed by atoms with Crippen LogP contribution in [-0.4, -0.2) is 30.8 Å². The summed E-state index contributed by atoms with van der Waals surface area (Å²) >= 11 is 0. The first-order chi connectivity index (χ1) is 7.67. The summed E-state index contributed by atoms with van der Waals surface area (Å²) in [6.45, 7) is 1.93. The zero-order valence-corrected chi connectivity index (χ0v) is 9.56. The molecular weight excluding hydrogens is 206 g/mol. The first kappa shape index (κ1) is 12.5. The van der Waals surface area contributed by atoms with Gasteiger partial charge in [-0.2, -0.15) is 0 Å². The molecule has 1 aromatic rings. The molecule has 1 rings (SSSR count). The summed E-state index contributed by atoms with van der Waals surface area (Å²) in [5, 5.41) is 11.5. The van der Waals surface area contributed by atoms with Crippen molar-refractivity contribution in [3.63, 3.8) is 0 Å². The number of nitrogens with one attached hydrogen (secondary N) is 1. The van der Waals surface area contributed by atoms with E-state index in [9.17, 15) is 4.79 Å². The number of carbonyl (C=O) groups excluding carboxylic acids is 1. The van der Waals surface area contributed by atoms with Crippen LogP contribution in [0.3, 0.4) is 0 Å². The average Bonchev–Trinajstić information content (AvgIpc) is 2.29. The van der Waals surface area contributed by atoms with Crippen molar-refractivity contribution in [3.8, 4) is 5.75 Å². The van der Waals surface area contributed by atoms with Crippen LogP contribution in [0.25, 0.3) is 0 Å². The van der Waals surface area contributed by atoms with E-state index in [1.807, 2.05) is 6.92 Å². The van der Waals surface area contributed by atoms with Gasteiger partial charge in [0.2, 0.25) is 0 Å². The molecule has 1 atom stereocenters. The molecule has 0 fully saturated rings. The summed E-state index contributed by atoms with van der Waals surface area (Å²) in [7, 11) is 1.58. The van der Waals surface area contributed by atoms with Crippen LogP contribution in [0.2, 0.25) is 0 Å². The van der Waals surface area contributed by atoms with Crippen molar-refractivity contribution in [2.75, 3.05) is 13.7 Å². The number of methoxy groups -OCH3 is 1. The Labute approximate surface area is 95.2 Å². The third-order valence-corrected chi connectivity index (χ3v) is 2.29. The van der Waals surface area contributed by atoms with E-state index in [2.05, 4.69) is 5.32 Å².